The van der Waals surface area contributed by atoms with Gasteiger partial charge in [-0.1, -0.05) is 12.1 Å². The fraction of sp³-hybridized carbons (Fsp3) is 0.267. The highest BCUT2D eigenvalue weighted by molar-refractivity contribution is 6.22. The van der Waals surface area contributed by atoms with Gasteiger partial charge in [0, 0.05) is 18.3 Å². The molecule has 2 aromatic rings. The van der Waals surface area contributed by atoms with Gasteiger partial charge in [-0.25, -0.2) is 0 Å². The molecular weight excluding hydrogens is 262 g/mol. The predicted molar refractivity (Wildman–Crippen MR) is 74.7 cm³/mol. The molecule has 98 valence electrons. The van der Waals surface area contributed by atoms with E-state index in [1.165, 1.54) is 0 Å². The highest BCUT2D eigenvalue weighted by atomic mass is 35.5. The first-order valence-electron chi connectivity index (χ1n) is 6.15. The number of nitrogens with zero attached hydrogens (tertiary/aromatic N) is 1. The van der Waals surface area contributed by atoms with Gasteiger partial charge in [0.15, 0.2) is 0 Å². The van der Waals surface area contributed by atoms with Crippen molar-refractivity contribution in [1.29, 1.82) is 0 Å². The number of benzene rings is 1. The van der Waals surface area contributed by atoms with Crippen LogP contribution in [0, 0.1) is 6.92 Å². The summed E-state index contributed by atoms with van der Waals surface area (Å²) in [6.07, 6.45) is 2.13. The molecule has 1 aromatic heterocycles. The minimum atomic E-state index is -0.247. The Morgan fingerprint density at radius 3 is 2.79 bits per heavy atom. The average Bonchev–Trinajstić information content (AvgIpc) is 2.94. The largest absolute Gasteiger partial charge is 0.469 e. The van der Waals surface area contributed by atoms with Gasteiger partial charge >= 0.3 is 0 Å². The third-order valence-electron chi connectivity index (χ3n) is 3.52. The highest BCUT2D eigenvalue weighted by Gasteiger charge is 2.25. The van der Waals surface area contributed by atoms with Crippen molar-refractivity contribution < 1.29 is 9.21 Å². The van der Waals surface area contributed by atoms with Crippen molar-refractivity contribution in [2.45, 2.75) is 18.7 Å². The van der Waals surface area contributed by atoms with E-state index in [-0.39, 0.29) is 11.3 Å². The maximum absolute atomic E-state index is 11.7. The van der Waals surface area contributed by atoms with E-state index in [0.717, 1.165) is 28.1 Å². The number of alkyl halides is 1. The van der Waals surface area contributed by atoms with Crippen molar-refractivity contribution in [3.63, 3.8) is 0 Å². The van der Waals surface area contributed by atoms with Crippen molar-refractivity contribution >= 4 is 23.2 Å². The summed E-state index contributed by atoms with van der Waals surface area (Å²) in [6.45, 7) is 1.89. The molecule has 3 rings (SSSR count). The van der Waals surface area contributed by atoms with Gasteiger partial charge in [-0.3, -0.25) is 4.79 Å². The van der Waals surface area contributed by atoms with Crippen molar-refractivity contribution in [3.8, 4) is 0 Å². The van der Waals surface area contributed by atoms with Crippen LogP contribution in [0.4, 0.5) is 5.69 Å². The third kappa shape index (κ3) is 2.04. The van der Waals surface area contributed by atoms with E-state index in [2.05, 4.69) is 0 Å². The van der Waals surface area contributed by atoms with Crippen molar-refractivity contribution in [2.75, 3.05) is 11.9 Å². The zero-order chi connectivity index (χ0) is 13.6. The second-order valence-electron chi connectivity index (χ2n) is 4.87. The van der Waals surface area contributed by atoms with Gasteiger partial charge in [0.25, 0.3) is 0 Å². The number of carbonyl (C=O) groups excluding carboxylic acids is 1. The second-order valence-corrected chi connectivity index (χ2v) is 5.31. The van der Waals surface area contributed by atoms with E-state index in [0.29, 0.717) is 6.42 Å². The minimum absolute atomic E-state index is 0.123. The first kappa shape index (κ1) is 12.3. The number of likely N-dealkylation sites (N-methyl/N-ethyl adjacent to an activating group) is 1. The lowest BCUT2D eigenvalue weighted by Crippen LogP contribution is -2.20. The van der Waals surface area contributed by atoms with Gasteiger partial charge in [0.05, 0.1) is 18.1 Å². The zero-order valence-corrected chi connectivity index (χ0v) is 11.6. The molecule has 1 amide bonds. The van der Waals surface area contributed by atoms with E-state index in [1.54, 1.807) is 18.2 Å². The van der Waals surface area contributed by atoms with Crippen molar-refractivity contribution in [1.82, 2.24) is 0 Å². The molecule has 0 saturated heterocycles. The molecule has 1 aliphatic heterocycles. The molecule has 0 spiro atoms. The minimum Gasteiger partial charge on any atom is -0.469 e. The normalized spacial score (nSPS) is 15.7. The summed E-state index contributed by atoms with van der Waals surface area (Å²) in [5.74, 6) is 0.967. The van der Waals surface area contributed by atoms with Crippen LogP contribution in [0.2, 0.25) is 0 Å². The number of carbonyl (C=O) groups is 1. The molecule has 19 heavy (non-hydrogen) atoms. The smallest absolute Gasteiger partial charge is 0.231 e. The monoisotopic (exact) mass is 275 g/mol. The molecule has 0 bridgehead atoms. The quantitative estimate of drug-likeness (QED) is 0.787. The number of anilines is 1. The summed E-state index contributed by atoms with van der Waals surface area (Å²) >= 11 is 6.46. The topological polar surface area (TPSA) is 33.5 Å². The molecule has 1 aromatic carbocycles. The maximum Gasteiger partial charge on any atom is 0.231 e. The van der Waals surface area contributed by atoms with Crippen molar-refractivity contribution in [2.24, 2.45) is 0 Å². The zero-order valence-electron chi connectivity index (χ0n) is 10.8. The third-order valence-corrected chi connectivity index (χ3v) is 4.02. The Hall–Kier alpha value is -1.74. The molecule has 1 aliphatic rings. The first-order valence-corrected chi connectivity index (χ1v) is 6.58. The van der Waals surface area contributed by atoms with Gasteiger partial charge in [-0.2, -0.15) is 0 Å². The Morgan fingerprint density at radius 1 is 1.32 bits per heavy atom. The number of furan rings is 1. The summed E-state index contributed by atoms with van der Waals surface area (Å²) in [5.41, 5.74) is 3.94. The molecule has 0 aliphatic carbocycles. The van der Waals surface area contributed by atoms with Crippen LogP contribution < -0.4 is 4.90 Å². The van der Waals surface area contributed by atoms with Crippen LogP contribution in [-0.4, -0.2) is 13.0 Å². The number of hydrogen-bond acceptors (Lipinski definition) is 2. The van der Waals surface area contributed by atoms with Crippen LogP contribution in [0.5, 0.6) is 0 Å². The second kappa shape index (κ2) is 4.42. The van der Waals surface area contributed by atoms with E-state index in [4.69, 9.17) is 16.0 Å². The Labute approximate surface area is 116 Å². The van der Waals surface area contributed by atoms with Crippen LogP contribution in [-0.2, 0) is 11.2 Å². The van der Waals surface area contributed by atoms with Gasteiger partial charge in [0.1, 0.15) is 5.76 Å². The number of amides is 1. The summed E-state index contributed by atoms with van der Waals surface area (Å²) in [4.78, 5) is 13.3. The van der Waals surface area contributed by atoms with Gasteiger partial charge in [-0.15, -0.1) is 11.6 Å². The predicted octanol–water partition coefficient (Wildman–Crippen LogP) is 3.44. The Bertz CT molecular complexity index is 647. The molecule has 2 heterocycles. The fourth-order valence-electron chi connectivity index (χ4n) is 2.44. The van der Waals surface area contributed by atoms with Crippen molar-refractivity contribution in [3.05, 3.63) is 53.0 Å². The summed E-state index contributed by atoms with van der Waals surface area (Å²) in [6, 6.07) is 7.87. The molecule has 1 atom stereocenters. The highest BCUT2D eigenvalue weighted by Crippen LogP contribution is 2.35. The van der Waals surface area contributed by atoms with Crippen LogP contribution in [0.15, 0.2) is 34.9 Å². The maximum atomic E-state index is 11.7. The van der Waals surface area contributed by atoms with Crippen LogP contribution >= 0.6 is 11.6 Å². The lowest BCUT2D eigenvalue weighted by atomic mass is 10.0. The SMILES string of the molecule is Cc1cc(C(Cl)c2ccc3c(c2)CC(=O)N3C)co1. The Balaban J connectivity index is 1.95. The van der Waals surface area contributed by atoms with Gasteiger partial charge in [-0.05, 0) is 30.2 Å². The number of hydrogen-bond donors (Lipinski definition) is 0. The summed E-state index contributed by atoms with van der Waals surface area (Å²) in [5, 5.41) is -0.247. The number of halogens is 1. The molecule has 0 fully saturated rings. The average molecular weight is 276 g/mol. The lowest BCUT2D eigenvalue weighted by Gasteiger charge is -2.12. The van der Waals surface area contributed by atoms with Crippen LogP contribution in [0.25, 0.3) is 0 Å². The van der Waals surface area contributed by atoms with E-state index < -0.39 is 0 Å². The molecule has 0 N–H and O–H groups in total. The Kier molecular flexibility index (Phi) is 2.86. The van der Waals surface area contributed by atoms with Crippen LogP contribution in [0.1, 0.15) is 27.8 Å². The summed E-state index contributed by atoms with van der Waals surface area (Å²) in [7, 11) is 1.80. The van der Waals surface area contributed by atoms with E-state index in [1.807, 2.05) is 31.2 Å². The molecular formula is C15H14ClNO2. The van der Waals surface area contributed by atoms with Gasteiger partial charge in [0.2, 0.25) is 5.91 Å². The molecule has 0 saturated carbocycles. The standard InChI is InChI=1S/C15H14ClNO2/c1-9-5-12(8-19-9)15(16)10-3-4-13-11(6-10)7-14(18)17(13)2/h3-6,8,15H,7H2,1-2H3. The molecule has 0 radical (unpaired) electrons. The first-order chi connectivity index (χ1) is 9.06. The lowest BCUT2D eigenvalue weighted by molar-refractivity contribution is -0.117. The van der Waals surface area contributed by atoms with E-state index >= 15 is 0 Å². The Morgan fingerprint density at radius 2 is 2.11 bits per heavy atom. The fourth-order valence-corrected chi connectivity index (χ4v) is 2.69. The number of aryl methyl sites for hydroxylation is 1. The summed E-state index contributed by atoms with van der Waals surface area (Å²) < 4.78 is 5.29. The van der Waals surface area contributed by atoms with Gasteiger partial charge < -0.3 is 9.32 Å². The molecule has 3 nitrogen and oxygen atoms in total. The van der Waals surface area contributed by atoms with E-state index in [9.17, 15) is 4.79 Å². The molecule has 4 heteroatoms. The number of rotatable bonds is 2. The molecule has 1 unspecified atom stereocenters. The van der Waals surface area contributed by atoms with Crippen LogP contribution in [0.3, 0.4) is 0 Å². The number of fused-ring (bicyclic) bond motifs is 1.